The van der Waals surface area contributed by atoms with Crippen LogP contribution in [0.1, 0.15) is 90.7 Å². The molecule has 2 fully saturated rings. The number of benzene rings is 1. The van der Waals surface area contributed by atoms with Gasteiger partial charge in [0.25, 0.3) is 0 Å². The van der Waals surface area contributed by atoms with Crippen molar-refractivity contribution in [2.24, 2.45) is 29.6 Å². The highest BCUT2D eigenvalue weighted by molar-refractivity contribution is 5.32. The molecule has 0 bridgehead atoms. The molecule has 0 spiro atoms. The third-order valence-electron chi connectivity index (χ3n) is 8.26. The number of aliphatic hydroxyl groups excluding tert-OH is 2. The van der Waals surface area contributed by atoms with Crippen molar-refractivity contribution in [3.05, 3.63) is 35.4 Å². The molecule has 2 N–H and O–H groups in total. The molecule has 2 heteroatoms. The quantitative estimate of drug-likeness (QED) is 0.675. The molecule has 3 rings (SSSR count). The molecule has 0 saturated heterocycles. The SMILES string of the molecule is CC(C)[C@@H]1CC[C@@](C)(c2ccc(C3[C@H](C)CC[C@@H](C(C)C)[C@@H]3O)cc2)C[C@H]1O. The minimum atomic E-state index is -0.242. The molecule has 158 valence electrons. The van der Waals surface area contributed by atoms with Crippen molar-refractivity contribution in [1.82, 2.24) is 0 Å². The largest absolute Gasteiger partial charge is 0.393 e. The summed E-state index contributed by atoms with van der Waals surface area (Å²) < 4.78 is 0. The standard InChI is InChI=1S/C26H42O2/c1-16(2)21-13-14-26(6,15-23(21)27)20-10-8-19(9-11-20)24-18(5)7-12-22(17(3)4)25(24)28/h8-11,16-18,21-25,27-28H,7,12-15H2,1-6H3/t18-,21+,22+,23-,24?,25+,26-/m1/s1. The van der Waals surface area contributed by atoms with Gasteiger partial charge in [0.1, 0.15) is 0 Å². The topological polar surface area (TPSA) is 40.5 Å². The molecule has 0 aliphatic heterocycles. The highest BCUT2D eigenvalue weighted by Gasteiger charge is 2.40. The molecule has 0 radical (unpaired) electrons. The lowest BCUT2D eigenvalue weighted by atomic mass is 9.64. The monoisotopic (exact) mass is 386 g/mol. The average Bonchev–Trinajstić information content (AvgIpc) is 2.61. The number of aliphatic hydroxyl groups is 2. The molecule has 2 nitrogen and oxygen atoms in total. The van der Waals surface area contributed by atoms with Crippen molar-refractivity contribution < 1.29 is 10.2 Å². The minimum Gasteiger partial charge on any atom is -0.393 e. The third kappa shape index (κ3) is 4.19. The van der Waals surface area contributed by atoms with Crippen LogP contribution in [0.2, 0.25) is 0 Å². The average molecular weight is 387 g/mol. The molecule has 0 amide bonds. The Morgan fingerprint density at radius 1 is 0.893 bits per heavy atom. The van der Waals surface area contributed by atoms with E-state index in [0.717, 1.165) is 25.7 Å². The van der Waals surface area contributed by atoms with Gasteiger partial charge in [-0.3, -0.25) is 0 Å². The van der Waals surface area contributed by atoms with Crippen molar-refractivity contribution in [2.45, 2.75) is 97.2 Å². The summed E-state index contributed by atoms with van der Waals surface area (Å²) in [5.74, 6) is 2.67. The van der Waals surface area contributed by atoms with Crippen LogP contribution < -0.4 is 0 Å². The molecule has 7 atom stereocenters. The van der Waals surface area contributed by atoms with E-state index < -0.39 is 0 Å². The molecule has 1 unspecified atom stereocenters. The summed E-state index contributed by atoms with van der Waals surface area (Å²) in [6.07, 6.45) is 5.00. The fraction of sp³-hybridized carbons (Fsp3) is 0.769. The van der Waals surface area contributed by atoms with Crippen LogP contribution >= 0.6 is 0 Å². The van der Waals surface area contributed by atoms with E-state index in [1.807, 2.05) is 0 Å². The number of rotatable bonds is 4. The Morgan fingerprint density at radius 3 is 2.04 bits per heavy atom. The molecule has 2 aliphatic carbocycles. The van der Waals surface area contributed by atoms with Gasteiger partial charge in [-0.25, -0.2) is 0 Å². The lowest BCUT2D eigenvalue weighted by molar-refractivity contribution is 0.00490. The van der Waals surface area contributed by atoms with Crippen LogP contribution in [-0.4, -0.2) is 22.4 Å². The zero-order valence-corrected chi connectivity index (χ0v) is 18.9. The van der Waals surface area contributed by atoms with Gasteiger partial charge in [0.15, 0.2) is 0 Å². The van der Waals surface area contributed by atoms with Crippen molar-refractivity contribution in [2.75, 3.05) is 0 Å². The van der Waals surface area contributed by atoms with Gasteiger partial charge in [0.2, 0.25) is 0 Å². The molecule has 28 heavy (non-hydrogen) atoms. The van der Waals surface area contributed by atoms with Gasteiger partial charge in [0, 0.05) is 5.92 Å². The first-order valence-corrected chi connectivity index (χ1v) is 11.6. The lowest BCUT2D eigenvalue weighted by Gasteiger charge is -2.43. The second kappa shape index (κ2) is 8.48. The number of hydrogen-bond acceptors (Lipinski definition) is 2. The second-order valence-corrected chi connectivity index (χ2v) is 10.9. The fourth-order valence-electron chi connectivity index (χ4n) is 6.20. The number of hydrogen-bond donors (Lipinski definition) is 2. The fourth-order valence-corrected chi connectivity index (χ4v) is 6.20. The van der Waals surface area contributed by atoms with Crippen LogP contribution in [0.25, 0.3) is 0 Å². The second-order valence-electron chi connectivity index (χ2n) is 10.9. The Kier molecular flexibility index (Phi) is 6.61. The zero-order valence-electron chi connectivity index (χ0n) is 18.9. The maximum Gasteiger partial charge on any atom is 0.0641 e. The van der Waals surface area contributed by atoms with Gasteiger partial charge < -0.3 is 10.2 Å². The first-order chi connectivity index (χ1) is 13.1. The Bertz CT molecular complexity index is 634. The highest BCUT2D eigenvalue weighted by atomic mass is 16.3. The van der Waals surface area contributed by atoms with Crippen LogP contribution in [0.15, 0.2) is 24.3 Å². The molecule has 2 aliphatic rings. The van der Waals surface area contributed by atoms with Crippen molar-refractivity contribution in [3.63, 3.8) is 0 Å². The van der Waals surface area contributed by atoms with E-state index in [4.69, 9.17) is 0 Å². The zero-order chi connectivity index (χ0) is 20.6. The van der Waals surface area contributed by atoms with Gasteiger partial charge in [-0.2, -0.15) is 0 Å². The van der Waals surface area contributed by atoms with Crippen LogP contribution in [0.5, 0.6) is 0 Å². The van der Waals surface area contributed by atoms with Crippen LogP contribution in [0.4, 0.5) is 0 Å². The van der Waals surface area contributed by atoms with Crippen molar-refractivity contribution >= 4 is 0 Å². The minimum absolute atomic E-state index is 0.0562. The van der Waals surface area contributed by atoms with Crippen LogP contribution in [-0.2, 0) is 5.41 Å². The summed E-state index contributed by atoms with van der Waals surface area (Å²) in [6, 6.07) is 9.07. The molecule has 2 saturated carbocycles. The van der Waals surface area contributed by atoms with Crippen LogP contribution in [0, 0.1) is 29.6 Å². The maximum atomic E-state index is 11.1. The van der Waals surface area contributed by atoms with E-state index in [-0.39, 0.29) is 23.5 Å². The van der Waals surface area contributed by atoms with Gasteiger partial charge in [-0.1, -0.05) is 65.8 Å². The van der Waals surface area contributed by atoms with Gasteiger partial charge in [0.05, 0.1) is 12.2 Å². The van der Waals surface area contributed by atoms with Gasteiger partial charge in [-0.05, 0) is 78.2 Å². The van der Waals surface area contributed by atoms with Crippen molar-refractivity contribution in [3.8, 4) is 0 Å². The predicted molar refractivity (Wildman–Crippen MR) is 117 cm³/mol. The summed E-state index contributed by atoms with van der Waals surface area (Å²) in [4.78, 5) is 0. The molecular weight excluding hydrogens is 344 g/mol. The molecule has 1 aromatic rings. The maximum absolute atomic E-state index is 11.1. The Morgan fingerprint density at radius 2 is 1.50 bits per heavy atom. The van der Waals surface area contributed by atoms with E-state index in [9.17, 15) is 10.2 Å². The highest BCUT2D eigenvalue weighted by Crippen LogP contribution is 2.46. The van der Waals surface area contributed by atoms with E-state index in [1.54, 1.807) is 0 Å². The molecular formula is C26H42O2. The molecule has 1 aromatic carbocycles. The Balaban J connectivity index is 1.78. The Hall–Kier alpha value is -0.860. The first kappa shape index (κ1) is 21.8. The van der Waals surface area contributed by atoms with E-state index >= 15 is 0 Å². The summed E-state index contributed by atoms with van der Waals surface area (Å²) in [6.45, 7) is 13.5. The van der Waals surface area contributed by atoms with E-state index in [0.29, 0.717) is 29.6 Å². The third-order valence-corrected chi connectivity index (χ3v) is 8.26. The van der Waals surface area contributed by atoms with E-state index in [1.165, 1.54) is 17.5 Å². The smallest absolute Gasteiger partial charge is 0.0641 e. The predicted octanol–water partition coefficient (Wildman–Crippen LogP) is 5.91. The summed E-state index contributed by atoms with van der Waals surface area (Å²) >= 11 is 0. The van der Waals surface area contributed by atoms with Crippen molar-refractivity contribution in [1.29, 1.82) is 0 Å². The van der Waals surface area contributed by atoms with Crippen LogP contribution in [0.3, 0.4) is 0 Å². The summed E-state index contributed by atoms with van der Waals surface area (Å²) in [5, 5.41) is 21.8. The van der Waals surface area contributed by atoms with Gasteiger partial charge in [-0.15, -0.1) is 0 Å². The summed E-state index contributed by atoms with van der Waals surface area (Å²) in [7, 11) is 0. The normalized spacial score (nSPS) is 39.5. The summed E-state index contributed by atoms with van der Waals surface area (Å²) in [5.41, 5.74) is 2.69. The molecule has 0 aromatic heterocycles. The first-order valence-electron chi connectivity index (χ1n) is 11.6. The van der Waals surface area contributed by atoms with E-state index in [2.05, 4.69) is 65.8 Å². The molecule has 0 heterocycles. The lowest BCUT2D eigenvalue weighted by Crippen LogP contribution is -2.40. The Labute approximate surface area is 172 Å². The van der Waals surface area contributed by atoms with Gasteiger partial charge >= 0.3 is 0 Å².